The molecule has 2 heterocycles. The summed E-state index contributed by atoms with van der Waals surface area (Å²) in [6, 6.07) is 13.7. The second kappa shape index (κ2) is 8.55. The number of para-hydroxylation sites is 1. The Morgan fingerprint density at radius 1 is 1.10 bits per heavy atom. The normalized spacial score (nSPS) is 16.0. The predicted molar refractivity (Wildman–Crippen MR) is 114 cm³/mol. The summed E-state index contributed by atoms with van der Waals surface area (Å²) in [6.07, 6.45) is 0.0347. The van der Waals surface area contributed by atoms with Crippen LogP contribution in [0.4, 0.5) is 5.69 Å². The Bertz CT molecular complexity index is 1150. The van der Waals surface area contributed by atoms with E-state index >= 15 is 0 Å². The molecule has 0 aliphatic carbocycles. The highest BCUT2D eigenvalue weighted by atomic mass is 32.2. The Balaban J connectivity index is 1.46. The van der Waals surface area contributed by atoms with Crippen molar-refractivity contribution in [2.45, 2.75) is 18.2 Å². The van der Waals surface area contributed by atoms with E-state index in [-0.39, 0.29) is 17.2 Å². The number of nitrogens with zero attached hydrogens (tertiary/aromatic N) is 3. The molecule has 0 bridgehead atoms. The van der Waals surface area contributed by atoms with Gasteiger partial charge in [-0.15, -0.1) is 0 Å². The first-order valence-corrected chi connectivity index (χ1v) is 11.4. The molecule has 0 radical (unpaired) electrons. The minimum absolute atomic E-state index is 0.0347. The molecule has 1 aliphatic rings. The third-order valence-corrected chi connectivity index (χ3v) is 7.21. The van der Waals surface area contributed by atoms with Gasteiger partial charge in [-0.1, -0.05) is 30.3 Å². The van der Waals surface area contributed by atoms with Crippen LogP contribution in [-0.2, 0) is 21.2 Å². The molecule has 0 spiro atoms. The fourth-order valence-corrected chi connectivity index (χ4v) is 5.06. The van der Waals surface area contributed by atoms with Gasteiger partial charge < -0.3 is 14.7 Å². The molecule has 1 saturated heterocycles. The Morgan fingerprint density at radius 3 is 2.63 bits per heavy atom. The van der Waals surface area contributed by atoms with Crippen LogP contribution >= 0.6 is 0 Å². The van der Waals surface area contributed by atoms with E-state index in [0.29, 0.717) is 30.1 Å². The maximum Gasteiger partial charge on any atom is 0.243 e. The molecule has 1 fully saturated rings. The standard InChI is InChI=1S/C21H24N4O4S/c1-2-24-10-12-25(13-11-24)30(27,28)17-7-5-6-16(14-17)22-21(26)15-19-18-8-3-4-9-20(18)29-23-19/h3-9,14H,2,10-13,15H2,1H3,(H,22,26). The van der Waals surface area contributed by atoms with Crippen LogP contribution in [-0.4, -0.2) is 61.4 Å². The van der Waals surface area contributed by atoms with Gasteiger partial charge >= 0.3 is 0 Å². The summed E-state index contributed by atoms with van der Waals surface area (Å²) in [5, 5.41) is 7.52. The van der Waals surface area contributed by atoms with Crippen molar-refractivity contribution in [1.82, 2.24) is 14.4 Å². The van der Waals surface area contributed by atoms with Crippen molar-refractivity contribution in [3.63, 3.8) is 0 Å². The first-order valence-electron chi connectivity index (χ1n) is 9.93. The van der Waals surface area contributed by atoms with Crippen molar-refractivity contribution in [1.29, 1.82) is 0 Å². The average Bonchev–Trinajstić information content (AvgIpc) is 3.16. The van der Waals surface area contributed by atoms with Crippen molar-refractivity contribution in [2.75, 3.05) is 38.0 Å². The smallest absolute Gasteiger partial charge is 0.243 e. The number of amides is 1. The van der Waals surface area contributed by atoms with E-state index in [1.54, 1.807) is 24.3 Å². The zero-order valence-electron chi connectivity index (χ0n) is 16.7. The molecule has 1 aliphatic heterocycles. The number of hydrogen-bond acceptors (Lipinski definition) is 6. The fourth-order valence-electron chi connectivity index (χ4n) is 3.59. The molecule has 0 atom stereocenters. The summed E-state index contributed by atoms with van der Waals surface area (Å²) in [6.45, 7) is 5.35. The van der Waals surface area contributed by atoms with Crippen LogP contribution in [0.25, 0.3) is 11.0 Å². The molecule has 4 rings (SSSR count). The van der Waals surface area contributed by atoms with Crippen molar-refractivity contribution in [3.8, 4) is 0 Å². The third kappa shape index (κ3) is 4.23. The van der Waals surface area contributed by atoms with E-state index in [4.69, 9.17) is 4.52 Å². The quantitative estimate of drug-likeness (QED) is 0.647. The number of hydrogen-bond donors (Lipinski definition) is 1. The monoisotopic (exact) mass is 428 g/mol. The molecule has 1 aromatic heterocycles. The van der Waals surface area contributed by atoms with Crippen LogP contribution < -0.4 is 5.32 Å². The lowest BCUT2D eigenvalue weighted by atomic mass is 10.1. The Kier molecular flexibility index (Phi) is 5.85. The zero-order chi connectivity index (χ0) is 21.1. The van der Waals surface area contributed by atoms with Gasteiger partial charge in [0.2, 0.25) is 15.9 Å². The van der Waals surface area contributed by atoms with Crippen molar-refractivity contribution >= 4 is 32.6 Å². The summed E-state index contributed by atoms with van der Waals surface area (Å²) < 4.78 is 32.7. The van der Waals surface area contributed by atoms with Crippen molar-refractivity contribution < 1.29 is 17.7 Å². The van der Waals surface area contributed by atoms with Crippen molar-refractivity contribution in [2.24, 2.45) is 0 Å². The number of carbonyl (C=O) groups excluding carboxylic acids is 1. The number of piperazine rings is 1. The molecule has 2 aromatic carbocycles. The summed E-state index contributed by atoms with van der Waals surface area (Å²) in [5.41, 5.74) is 1.60. The number of rotatable bonds is 6. The van der Waals surface area contributed by atoms with E-state index in [1.807, 2.05) is 18.2 Å². The lowest BCUT2D eigenvalue weighted by Gasteiger charge is -2.33. The average molecular weight is 429 g/mol. The summed E-state index contributed by atoms with van der Waals surface area (Å²) in [5.74, 6) is -0.292. The van der Waals surface area contributed by atoms with E-state index in [9.17, 15) is 13.2 Å². The van der Waals surface area contributed by atoms with Crippen LogP contribution in [0.15, 0.2) is 57.9 Å². The minimum atomic E-state index is -3.60. The molecular weight excluding hydrogens is 404 g/mol. The van der Waals surface area contributed by atoms with Gasteiger partial charge in [-0.25, -0.2) is 8.42 Å². The van der Waals surface area contributed by atoms with Crippen LogP contribution in [0.1, 0.15) is 12.6 Å². The number of fused-ring (bicyclic) bond motifs is 1. The Morgan fingerprint density at radius 2 is 1.87 bits per heavy atom. The number of carbonyl (C=O) groups is 1. The molecular formula is C21H24N4O4S. The number of anilines is 1. The molecule has 0 saturated carbocycles. The topological polar surface area (TPSA) is 95.8 Å². The molecule has 1 amide bonds. The summed E-state index contributed by atoms with van der Waals surface area (Å²) in [7, 11) is -3.60. The molecule has 30 heavy (non-hydrogen) atoms. The Hall–Kier alpha value is -2.75. The van der Waals surface area contributed by atoms with Crippen LogP contribution in [0.2, 0.25) is 0 Å². The minimum Gasteiger partial charge on any atom is -0.356 e. The van der Waals surface area contributed by atoms with Gasteiger partial charge in [-0.2, -0.15) is 4.31 Å². The van der Waals surface area contributed by atoms with Gasteiger partial charge in [0.05, 0.1) is 11.3 Å². The highest BCUT2D eigenvalue weighted by Gasteiger charge is 2.28. The van der Waals surface area contributed by atoms with Crippen LogP contribution in [0, 0.1) is 0 Å². The number of nitrogens with one attached hydrogen (secondary N) is 1. The maximum atomic E-state index is 13.0. The number of aromatic nitrogens is 1. The third-order valence-electron chi connectivity index (χ3n) is 5.31. The first kappa shape index (κ1) is 20.5. The largest absolute Gasteiger partial charge is 0.356 e. The molecule has 3 aromatic rings. The summed E-state index contributed by atoms with van der Waals surface area (Å²) in [4.78, 5) is 14.9. The SMILES string of the molecule is CCN1CCN(S(=O)(=O)c2cccc(NC(=O)Cc3noc4ccccc34)c2)CC1. The molecule has 1 N–H and O–H groups in total. The van der Waals surface area contributed by atoms with E-state index < -0.39 is 10.0 Å². The van der Waals surface area contributed by atoms with E-state index in [1.165, 1.54) is 10.4 Å². The second-order valence-electron chi connectivity index (χ2n) is 7.22. The van der Waals surface area contributed by atoms with Crippen LogP contribution in [0.3, 0.4) is 0 Å². The first-order chi connectivity index (χ1) is 14.5. The second-order valence-corrected chi connectivity index (χ2v) is 9.15. The van der Waals surface area contributed by atoms with E-state index in [2.05, 4.69) is 22.3 Å². The predicted octanol–water partition coefficient (Wildman–Crippen LogP) is 2.34. The summed E-state index contributed by atoms with van der Waals surface area (Å²) >= 11 is 0. The number of likely N-dealkylation sites (N-methyl/N-ethyl adjacent to an activating group) is 1. The van der Waals surface area contributed by atoms with Gasteiger partial charge in [0.25, 0.3) is 0 Å². The van der Waals surface area contributed by atoms with Gasteiger partial charge in [-0.3, -0.25) is 4.79 Å². The van der Waals surface area contributed by atoms with Crippen LogP contribution in [0.5, 0.6) is 0 Å². The number of sulfonamides is 1. The van der Waals surface area contributed by atoms with E-state index in [0.717, 1.165) is 25.0 Å². The molecule has 9 heteroatoms. The number of benzene rings is 2. The highest BCUT2D eigenvalue weighted by Crippen LogP contribution is 2.22. The lowest BCUT2D eigenvalue weighted by Crippen LogP contribution is -2.48. The van der Waals surface area contributed by atoms with Gasteiger partial charge in [0.15, 0.2) is 5.58 Å². The molecule has 0 unspecified atom stereocenters. The van der Waals surface area contributed by atoms with Gasteiger partial charge in [0.1, 0.15) is 5.69 Å². The molecule has 8 nitrogen and oxygen atoms in total. The zero-order valence-corrected chi connectivity index (χ0v) is 17.6. The fraction of sp³-hybridized carbons (Fsp3) is 0.333. The highest BCUT2D eigenvalue weighted by molar-refractivity contribution is 7.89. The molecule has 158 valence electrons. The lowest BCUT2D eigenvalue weighted by molar-refractivity contribution is -0.115. The van der Waals surface area contributed by atoms with Crippen molar-refractivity contribution in [3.05, 3.63) is 54.2 Å². The van der Waals surface area contributed by atoms with Gasteiger partial charge in [0, 0.05) is 37.3 Å². The maximum absolute atomic E-state index is 13.0. The Labute approximate surface area is 175 Å². The van der Waals surface area contributed by atoms with Gasteiger partial charge in [-0.05, 0) is 36.9 Å².